The minimum atomic E-state index is 0. The summed E-state index contributed by atoms with van der Waals surface area (Å²) in [7, 11) is 2.19. The van der Waals surface area contributed by atoms with Crippen LogP contribution in [0.5, 0.6) is 0 Å². The van der Waals surface area contributed by atoms with Gasteiger partial charge in [0.15, 0.2) is 0 Å². The molecular formula is C6H18ClNSi. The van der Waals surface area contributed by atoms with Gasteiger partial charge in [-0.05, 0) is 43.9 Å². The molecule has 0 saturated carbocycles. The molecule has 0 aromatic heterocycles. The van der Waals surface area contributed by atoms with E-state index in [9.17, 15) is 0 Å². The fourth-order valence-electron chi connectivity index (χ4n) is 1.05. The Labute approximate surface area is 68.2 Å². The normalized spacial score (nSPS) is 19.7. The van der Waals surface area contributed by atoms with Crippen LogP contribution in [0.1, 0.15) is 19.3 Å². The first kappa shape index (κ1) is 12.2. The van der Waals surface area contributed by atoms with E-state index in [0.29, 0.717) is 0 Å². The van der Waals surface area contributed by atoms with Crippen LogP contribution in [0.3, 0.4) is 0 Å². The Hall–Kier alpha value is 0.467. The van der Waals surface area contributed by atoms with Crippen molar-refractivity contribution in [2.45, 2.75) is 19.3 Å². The van der Waals surface area contributed by atoms with Crippen LogP contribution in [-0.4, -0.2) is 36.0 Å². The van der Waals surface area contributed by atoms with Crippen molar-refractivity contribution in [2.75, 3.05) is 20.1 Å². The third-order valence-electron chi connectivity index (χ3n) is 1.58. The first-order chi connectivity index (χ1) is 3.39. The highest BCUT2D eigenvalue weighted by atomic mass is 35.5. The Morgan fingerprint density at radius 1 is 1.00 bits per heavy atom. The van der Waals surface area contributed by atoms with Gasteiger partial charge in [0, 0.05) is 0 Å². The molecule has 0 aromatic carbocycles. The first-order valence-electron chi connectivity index (χ1n) is 3.08. The molecule has 1 saturated heterocycles. The average molecular weight is 168 g/mol. The Kier molecular flexibility index (Phi) is 8.91. The minimum Gasteiger partial charge on any atom is -0.306 e. The lowest BCUT2D eigenvalue weighted by Gasteiger charge is -2.20. The molecule has 1 fully saturated rings. The zero-order valence-electron chi connectivity index (χ0n) is 5.39. The molecule has 58 valence electrons. The summed E-state index contributed by atoms with van der Waals surface area (Å²) in [6, 6.07) is 0. The number of rotatable bonds is 0. The summed E-state index contributed by atoms with van der Waals surface area (Å²) in [5.74, 6) is 0. The highest BCUT2D eigenvalue weighted by Gasteiger charge is 2.02. The number of likely N-dealkylation sites (tertiary alicyclic amines) is 1. The predicted octanol–water partition coefficient (Wildman–Crippen LogP) is 0.0723. The van der Waals surface area contributed by atoms with Crippen molar-refractivity contribution in [3.63, 3.8) is 0 Å². The maximum Gasteiger partial charge on any atom is -0.00218 e. The average Bonchev–Trinajstić information content (AvgIpc) is 1.69. The fraction of sp³-hybridized carbons (Fsp3) is 1.00. The van der Waals surface area contributed by atoms with Gasteiger partial charge in [0.25, 0.3) is 0 Å². The monoisotopic (exact) mass is 167 g/mol. The van der Waals surface area contributed by atoms with Crippen LogP contribution in [0.15, 0.2) is 0 Å². The lowest BCUT2D eigenvalue weighted by atomic mass is 10.1. The van der Waals surface area contributed by atoms with Gasteiger partial charge in [0.05, 0.1) is 0 Å². The lowest BCUT2D eigenvalue weighted by molar-refractivity contribution is 0.277. The Balaban J connectivity index is 0. The third-order valence-corrected chi connectivity index (χ3v) is 1.58. The van der Waals surface area contributed by atoms with E-state index in [1.54, 1.807) is 0 Å². The van der Waals surface area contributed by atoms with Crippen molar-refractivity contribution in [3.05, 3.63) is 0 Å². The Morgan fingerprint density at radius 3 is 1.67 bits per heavy atom. The summed E-state index contributed by atoms with van der Waals surface area (Å²) >= 11 is 0. The molecule has 0 bridgehead atoms. The highest BCUT2D eigenvalue weighted by Crippen LogP contribution is 2.04. The smallest absolute Gasteiger partial charge is 0.00218 e. The molecule has 0 N–H and O–H groups in total. The second kappa shape index (κ2) is 6.58. The maximum atomic E-state index is 2.39. The topological polar surface area (TPSA) is 3.24 Å². The van der Waals surface area contributed by atoms with E-state index in [0.717, 1.165) is 0 Å². The van der Waals surface area contributed by atoms with Crippen molar-refractivity contribution in [1.29, 1.82) is 0 Å². The summed E-state index contributed by atoms with van der Waals surface area (Å²) in [4.78, 5) is 2.39. The van der Waals surface area contributed by atoms with Gasteiger partial charge in [-0.15, -0.1) is 12.4 Å². The standard InChI is InChI=1S/C6H13N.ClH.H4Si/c1-7-5-3-2-4-6-7;;/h2-6H2,1H3;1H;1H4. The van der Waals surface area contributed by atoms with Crippen molar-refractivity contribution < 1.29 is 0 Å². The summed E-state index contributed by atoms with van der Waals surface area (Å²) in [5, 5.41) is 0. The van der Waals surface area contributed by atoms with Crippen LogP contribution in [0.4, 0.5) is 0 Å². The van der Waals surface area contributed by atoms with Gasteiger partial charge >= 0.3 is 0 Å². The molecule has 0 spiro atoms. The molecule has 0 aromatic rings. The van der Waals surface area contributed by atoms with Crippen molar-refractivity contribution in [2.24, 2.45) is 0 Å². The molecular weight excluding hydrogens is 150 g/mol. The minimum absolute atomic E-state index is 0. The van der Waals surface area contributed by atoms with Gasteiger partial charge in [-0.3, -0.25) is 0 Å². The molecule has 1 heterocycles. The van der Waals surface area contributed by atoms with Gasteiger partial charge in [-0.1, -0.05) is 6.42 Å². The van der Waals surface area contributed by atoms with E-state index in [1.165, 1.54) is 32.4 Å². The zero-order chi connectivity index (χ0) is 5.11. The summed E-state index contributed by atoms with van der Waals surface area (Å²) < 4.78 is 0. The van der Waals surface area contributed by atoms with Gasteiger partial charge in [0.2, 0.25) is 0 Å². The molecule has 1 aliphatic heterocycles. The van der Waals surface area contributed by atoms with Gasteiger partial charge in [-0.2, -0.15) is 0 Å². The zero-order valence-corrected chi connectivity index (χ0v) is 6.21. The molecule has 0 amide bonds. The van der Waals surface area contributed by atoms with E-state index in [4.69, 9.17) is 0 Å². The molecule has 0 aliphatic carbocycles. The molecule has 1 rings (SSSR count). The van der Waals surface area contributed by atoms with Crippen molar-refractivity contribution >= 4 is 23.4 Å². The number of hydrogen-bond donors (Lipinski definition) is 0. The summed E-state index contributed by atoms with van der Waals surface area (Å²) in [6.07, 6.45) is 4.28. The maximum absolute atomic E-state index is 2.39. The van der Waals surface area contributed by atoms with Gasteiger partial charge in [-0.25, -0.2) is 0 Å². The Bertz CT molecular complexity index is 55.0. The van der Waals surface area contributed by atoms with E-state index in [1.807, 2.05) is 0 Å². The lowest BCUT2D eigenvalue weighted by Crippen LogP contribution is -2.24. The second-order valence-corrected chi connectivity index (χ2v) is 2.36. The van der Waals surface area contributed by atoms with Crippen LogP contribution in [0.2, 0.25) is 0 Å². The highest BCUT2D eigenvalue weighted by molar-refractivity contribution is 5.85. The van der Waals surface area contributed by atoms with E-state index < -0.39 is 0 Å². The SMILES string of the molecule is CN1CCCCC1.Cl.[SiH4]. The molecule has 1 nitrogen and oxygen atoms in total. The molecule has 1 aliphatic rings. The van der Waals surface area contributed by atoms with Crippen molar-refractivity contribution in [1.82, 2.24) is 4.90 Å². The molecule has 9 heavy (non-hydrogen) atoms. The third kappa shape index (κ3) is 4.94. The molecule has 0 unspecified atom stereocenters. The van der Waals surface area contributed by atoms with Crippen LogP contribution >= 0.6 is 12.4 Å². The fourth-order valence-corrected chi connectivity index (χ4v) is 1.05. The van der Waals surface area contributed by atoms with E-state index >= 15 is 0 Å². The number of hydrogen-bond acceptors (Lipinski definition) is 1. The van der Waals surface area contributed by atoms with Crippen LogP contribution < -0.4 is 0 Å². The quantitative estimate of drug-likeness (QED) is 0.462. The van der Waals surface area contributed by atoms with E-state index in [-0.39, 0.29) is 23.4 Å². The van der Waals surface area contributed by atoms with Crippen LogP contribution in [-0.2, 0) is 0 Å². The summed E-state index contributed by atoms with van der Waals surface area (Å²) in [5.41, 5.74) is 0. The number of halogens is 1. The predicted molar refractivity (Wildman–Crippen MR) is 49.9 cm³/mol. The largest absolute Gasteiger partial charge is 0.306 e. The molecule has 0 atom stereocenters. The van der Waals surface area contributed by atoms with Gasteiger partial charge in [0.1, 0.15) is 0 Å². The number of nitrogens with zero attached hydrogens (tertiary/aromatic N) is 1. The van der Waals surface area contributed by atoms with Crippen molar-refractivity contribution in [3.8, 4) is 0 Å². The molecule has 3 heteroatoms. The molecule has 0 radical (unpaired) electrons. The van der Waals surface area contributed by atoms with Crippen LogP contribution in [0.25, 0.3) is 0 Å². The number of piperidine rings is 1. The van der Waals surface area contributed by atoms with Gasteiger partial charge < -0.3 is 4.90 Å². The summed E-state index contributed by atoms with van der Waals surface area (Å²) in [6.45, 7) is 2.64. The van der Waals surface area contributed by atoms with Crippen LogP contribution in [0, 0.1) is 0 Å². The second-order valence-electron chi connectivity index (χ2n) is 2.36. The first-order valence-corrected chi connectivity index (χ1v) is 3.08. The Morgan fingerprint density at radius 2 is 1.44 bits per heavy atom. The van der Waals surface area contributed by atoms with E-state index in [2.05, 4.69) is 11.9 Å².